The van der Waals surface area contributed by atoms with Crippen LogP contribution in [0.3, 0.4) is 0 Å². The van der Waals surface area contributed by atoms with Crippen molar-refractivity contribution < 1.29 is 36.6 Å². The molecule has 9 heteroatoms. The highest BCUT2D eigenvalue weighted by Gasteiger charge is 2.25. The van der Waals surface area contributed by atoms with Crippen molar-refractivity contribution in [3.05, 3.63) is 47.5 Å². The summed E-state index contributed by atoms with van der Waals surface area (Å²) in [5.74, 6) is -8.07. The van der Waals surface area contributed by atoms with Crippen molar-refractivity contribution >= 4 is 11.6 Å². The van der Waals surface area contributed by atoms with E-state index in [0.717, 1.165) is 6.92 Å². The highest BCUT2D eigenvalue weighted by molar-refractivity contribution is 5.94. The molecule has 0 saturated heterocycles. The van der Waals surface area contributed by atoms with Crippen LogP contribution in [0.2, 0.25) is 0 Å². The zero-order valence-corrected chi connectivity index (χ0v) is 14.0. The molecule has 1 amide bonds. The number of hydrogen-bond donors (Lipinski definition) is 1. The van der Waals surface area contributed by atoms with Crippen LogP contribution in [-0.2, 0) is 4.79 Å². The monoisotopic (exact) mass is 373 g/mol. The smallest absolute Gasteiger partial charge is 0.265 e. The second-order valence-corrected chi connectivity index (χ2v) is 5.12. The number of rotatable bonds is 6. The van der Waals surface area contributed by atoms with E-state index in [0.29, 0.717) is 11.5 Å². The van der Waals surface area contributed by atoms with Gasteiger partial charge in [-0.1, -0.05) is 0 Å². The summed E-state index contributed by atoms with van der Waals surface area (Å²) in [4.78, 5) is 12.1. The van der Waals surface area contributed by atoms with Crippen LogP contribution in [0.5, 0.6) is 17.2 Å². The Balaban J connectivity index is 2.16. The first-order valence-corrected chi connectivity index (χ1v) is 7.31. The van der Waals surface area contributed by atoms with Crippen LogP contribution in [0.1, 0.15) is 6.92 Å². The Bertz CT molecular complexity index is 803. The van der Waals surface area contributed by atoms with Gasteiger partial charge in [0.25, 0.3) is 5.91 Å². The van der Waals surface area contributed by atoms with Gasteiger partial charge in [-0.25, -0.2) is 8.78 Å². The van der Waals surface area contributed by atoms with Crippen LogP contribution in [0.25, 0.3) is 0 Å². The van der Waals surface area contributed by atoms with E-state index in [1.165, 1.54) is 32.4 Å². The van der Waals surface area contributed by atoms with Crippen LogP contribution >= 0.6 is 0 Å². The predicted molar refractivity (Wildman–Crippen MR) is 84.5 cm³/mol. The molecule has 1 atom stereocenters. The van der Waals surface area contributed by atoms with E-state index in [1.54, 1.807) is 0 Å². The number of carbonyl (C=O) groups excluding carboxylic acids is 1. The van der Waals surface area contributed by atoms with Crippen LogP contribution < -0.4 is 19.5 Å². The van der Waals surface area contributed by atoms with Gasteiger partial charge in [0.15, 0.2) is 35.0 Å². The third-order valence-electron chi connectivity index (χ3n) is 3.39. The van der Waals surface area contributed by atoms with Gasteiger partial charge >= 0.3 is 0 Å². The fraction of sp³-hybridized carbons (Fsp3) is 0.235. The fourth-order valence-corrected chi connectivity index (χ4v) is 2.04. The summed E-state index contributed by atoms with van der Waals surface area (Å²) in [5.41, 5.74) is 0.287. The minimum Gasteiger partial charge on any atom is -0.493 e. The summed E-state index contributed by atoms with van der Waals surface area (Å²) in [6.07, 6.45) is -1.45. The molecule has 0 aliphatic heterocycles. The molecule has 1 N–H and O–H groups in total. The quantitative estimate of drug-likeness (QED) is 0.620. The molecule has 26 heavy (non-hydrogen) atoms. The Hall–Kier alpha value is -2.97. The Kier molecular flexibility index (Phi) is 5.91. The maximum Gasteiger partial charge on any atom is 0.265 e. The molecule has 5 nitrogen and oxygen atoms in total. The Morgan fingerprint density at radius 2 is 1.54 bits per heavy atom. The van der Waals surface area contributed by atoms with Crippen molar-refractivity contribution in [2.75, 3.05) is 19.5 Å². The zero-order chi connectivity index (χ0) is 19.4. The average Bonchev–Trinajstić information content (AvgIpc) is 2.63. The summed E-state index contributed by atoms with van der Waals surface area (Å²) in [6, 6.07) is 4.52. The zero-order valence-electron chi connectivity index (χ0n) is 14.0. The number of amides is 1. The first kappa shape index (κ1) is 19.4. The number of anilines is 1. The first-order valence-electron chi connectivity index (χ1n) is 7.31. The molecule has 0 heterocycles. The lowest BCUT2D eigenvalue weighted by Crippen LogP contribution is -2.31. The molecule has 0 saturated carbocycles. The van der Waals surface area contributed by atoms with Crippen LogP contribution in [0, 0.1) is 23.3 Å². The molecule has 2 aromatic carbocycles. The van der Waals surface area contributed by atoms with E-state index < -0.39 is 41.0 Å². The van der Waals surface area contributed by atoms with E-state index >= 15 is 0 Å². The largest absolute Gasteiger partial charge is 0.493 e. The molecule has 0 radical (unpaired) electrons. The maximum atomic E-state index is 13.6. The summed E-state index contributed by atoms with van der Waals surface area (Å²) in [5, 5.41) is 2.42. The van der Waals surface area contributed by atoms with Gasteiger partial charge in [0.2, 0.25) is 11.6 Å². The number of methoxy groups -OCH3 is 2. The third kappa shape index (κ3) is 3.98. The molecule has 0 bridgehead atoms. The van der Waals surface area contributed by atoms with Gasteiger partial charge in [0, 0.05) is 17.8 Å². The van der Waals surface area contributed by atoms with Crippen molar-refractivity contribution in [2.24, 2.45) is 0 Å². The maximum absolute atomic E-state index is 13.6. The molecule has 2 rings (SSSR count). The van der Waals surface area contributed by atoms with Gasteiger partial charge in [-0.15, -0.1) is 0 Å². The number of benzene rings is 2. The van der Waals surface area contributed by atoms with Crippen LogP contribution in [-0.4, -0.2) is 26.2 Å². The highest BCUT2D eigenvalue weighted by Crippen LogP contribution is 2.30. The summed E-state index contributed by atoms with van der Waals surface area (Å²) >= 11 is 0. The van der Waals surface area contributed by atoms with Gasteiger partial charge in [-0.05, 0) is 19.1 Å². The van der Waals surface area contributed by atoms with Gasteiger partial charge in [0.05, 0.1) is 14.2 Å². The molecule has 0 spiro atoms. The van der Waals surface area contributed by atoms with Crippen molar-refractivity contribution in [1.82, 2.24) is 0 Å². The minimum absolute atomic E-state index is 0.0475. The van der Waals surface area contributed by atoms with E-state index in [-0.39, 0.29) is 11.8 Å². The van der Waals surface area contributed by atoms with Gasteiger partial charge in [-0.2, -0.15) is 8.78 Å². The van der Waals surface area contributed by atoms with Gasteiger partial charge in [0.1, 0.15) is 0 Å². The topological polar surface area (TPSA) is 56.8 Å². The normalized spacial score (nSPS) is 11.7. The molecular formula is C17H15F4NO4. The van der Waals surface area contributed by atoms with E-state index in [2.05, 4.69) is 5.32 Å². The van der Waals surface area contributed by atoms with Crippen molar-refractivity contribution in [2.45, 2.75) is 13.0 Å². The Morgan fingerprint density at radius 3 is 2.08 bits per heavy atom. The van der Waals surface area contributed by atoms with Crippen molar-refractivity contribution in [3.63, 3.8) is 0 Å². The number of hydrogen-bond acceptors (Lipinski definition) is 4. The molecule has 2 aromatic rings. The minimum atomic E-state index is -1.73. The molecule has 0 aliphatic carbocycles. The lowest BCUT2D eigenvalue weighted by molar-refractivity contribution is -0.122. The number of ether oxygens (including phenoxy) is 3. The van der Waals surface area contributed by atoms with Crippen molar-refractivity contribution in [3.8, 4) is 17.2 Å². The summed E-state index contributed by atoms with van der Waals surface area (Å²) < 4.78 is 68.5. The fourth-order valence-electron chi connectivity index (χ4n) is 2.04. The molecular weight excluding hydrogens is 358 g/mol. The summed E-state index contributed by atoms with van der Waals surface area (Å²) in [6.45, 7) is 1.16. The lowest BCUT2D eigenvalue weighted by atomic mass is 10.2. The second-order valence-electron chi connectivity index (χ2n) is 5.12. The number of carbonyl (C=O) groups is 1. The van der Waals surface area contributed by atoms with Crippen LogP contribution in [0.15, 0.2) is 24.3 Å². The van der Waals surface area contributed by atoms with Crippen LogP contribution in [0.4, 0.5) is 23.2 Å². The number of halogens is 4. The summed E-state index contributed by atoms with van der Waals surface area (Å²) in [7, 11) is 2.84. The van der Waals surface area contributed by atoms with E-state index in [1.807, 2.05) is 0 Å². The first-order chi connectivity index (χ1) is 12.3. The third-order valence-corrected chi connectivity index (χ3v) is 3.39. The predicted octanol–water partition coefficient (Wildman–Crippen LogP) is 3.67. The second kappa shape index (κ2) is 7.94. The lowest BCUT2D eigenvalue weighted by Gasteiger charge is -2.17. The number of nitrogens with one attached hydrogen (secondary N) is 1. The van der Waals surface area contributed by atoms with E-state index in [9.17, 15) is 22.4 Å². The van der Waals surface area contributed by atoms with Gasteiger partial charge < -0.3 is 19.5 Å². The van der Waals surface area contributed by atoms with E-state index in [4.69, 9.17) is 14.2 Å². The Labute approximate surface area is 146 Å². The highest BCUT2D eigenvalue weighted by atomic mass is 19.2. The molecule has 140 valence electrons. The molecule has 0 aromatic heterocycles. The molecule has 0 aliphatic rings. The Morgan fingerprint density at radius 1 is 0.962 bits per heavy atom. The SMILES string of the molecule is COc1ccc(NC(=O)[C@@H](C)Oc2c(F)c(F)cc(F)c2F)cc1OC. The van der Waals surface area contributed by atoms with Crippen molar-refractivity contribution in [1.29, 1.82) is 0 Å². The van der Waals surface area contributed by atoms with Gasteiger partial charge in [-0.3, -0.25) is 4.79 Å². The standard InChI is InChI=1S/C17H15F4NO4/c1-8(26-16-14(20)10(18)7-11(19)15(16)21)17(23)22-9-4-5-12(24-2)13(6-9)25-3/h4-8H,1-3H3,(H,22,23)/t8-/m1/s1. The molecule has 0 unspecified atom stereocenters. The molecule has 0 fully saturated rings. The average molecular weight is 373 g/mol.